The molecule has 3 aromatic rings. The van der Waals surface area contributed by atoms with E-state index in [1.165, 1.54) is 0 Å². The van der Waals surface area contributed by atoms with Crippen molar-refractivity contribution in [2.45, 2.75) is 0 Å². The van der Waals surface area contributed by atoms with Crippen molar-refractivity contribution in [1.82, 2.24) is 4.98 Å². The Morgan fingerprint density at radius 3 is 2.61 bits per heavy atom. The third-order valence-electron chi connectivity index (χ3n) is 2.81. The van der Waals surface area contributed by atoms with Gasteiger partial charge in [-0.05, 0) is 24.3 Å². The van der Waals surface area contributed by atoms with Gasteiger partial charge in [0.1, 0.15) is 0 Å². The van der Waals surface area contributed by atoms with E-state index in [1.807, 2.05) is 42.5 Å². The highest BCUT2D eigenvalue weighted by atomic mass is 79.9. The summed E-state index contributed by atoms with van der Waals surface area (Å²) in [5, 5.41) is 1.86. The molecule has 0 N–H and O–H groups in total. The summed E-state index contributed by atoms with van der Waals surface area (Å²) < 4.78 is 0.956. The van der Waals surface area contributed by atoms with Gasteiger partial charge in [-0.15, -0.1) is 0 Å². The summed E-state index contributed by atoms with van der Waals surface area (Å²) in [5.74, 6) is 0. The second-order valence-corrected chi connectivity index (χ2v) is 5.30. The van der Waals surface area contributed by atoms with Crippen molar-refractivity contribution in [2.75, 3.05) is 0 Å². The van der Waals surface area contributed by atoms with E-state index in [2.05, 4.69) is 33.0 Å². The summed E-state index contributed by atoms with van der Waals surface area (Å²) in [5.41, 5.74) is 2.99. The molecular weight excluding hydrogens is 310 g/mol. The van der Waals surface area contributed by atoms with Crippen molar-refractivity contribution < 1.29 is 0 Å². The number of nitrogens with zero attached hydrogens (tertiary/aromatic N) is 1. The lowest BCUT2D eigenvalue weighted by atomic mass is 10.1. The highest BCUT2D eigenvalue weighted by molar-refractivity contribution is 9.10. The number of rotatable bonds is 1. The average molecular weight is 319 g/mol. The fourth-order valence-corrected chi connectivity index (χ4v) is 2.80. The van der Waals surface area contributed by atoms with Gasteiger partial charge in [-0.2, -0.15) is 0 Å². The van der Waals surface area contributed by atoms with Gasteiger partial charge in [0, 0.05) is 20.4 Å². The van der Waals surface area contributed by atoms with Crippen LogP contribution in [0, 0.1) is 0 Å². The van der Waals surface area contributed by atoms with Crippen LogP contribution in [0.5, 0.6) is 0 Å². The Kier molecular flexibility index (Phi) is 3.06. The number of pyridine rings is 1. The van der Waals surface area contributed by atoms with Gasteiger partial charge in [-0.1, -0.05) is 57.9 Å². The maximum atomic E-state index is 5.95. The number of benzene rings is 2. The van der Waals surface area contributed by atoms with Crippen LogP contribution in [0.25, 0.3) is 22.2 Å². The van der Waals surface area contributed by atoms with Crippen LogP contribution in [0.3, 0.4) is 0 Å². The minimum absolute atomic E-state index is 0.714. The van der Waals surface area contributed by atoms with E-state index in [1.54, 1.807) is 0 Å². The highest BCUT2D eigenvalue weighted by Crippen LogP contribution is 2.30. The minimum atomic E-state index is 0.714. The highest BCUT2D eigenvalue weighted by Gasteiger charge is 2.05. The molecule has 0 bridgehead atoms. The summed E-state index contributed by atoms with van der Waals surface area (Å²) in [6.45, 7) is 0. The SMILES string of the molecule is Clc1ccc(-c2ccc3ccccc3n2)c(Br)c1. The van der Waals surface area contributed by atoms with E-state index in [0.717, 1.165) is 26.6 Å². The van der Waals surface area contributed by atoms with Crippen LogP contribution in [0.15, 0.2) is 59.1 Å². The molecule has 0 spiro atoms. The second-order valence-electron chi connectivity index (χ2n) is 4.01. The second kappa shape index (κ2) is 4.71. The molecule has 0 fully saturated rings. The number of hydrogen-bond acceptors (Lipinski definition) is 1. The van der Waals surface area contributed by atoms with Crippen molar-refractivity contribution in [3.63, 3.8) is 0 Å². The van der Waals surface area contributed by atoms with Crippen LogP contribution in [0.1, 0.15) is 0 Å². The standard InChI is InChI=1S/C15H9BrClN/c16-13-9-11(17)6-7-12(13)15-8-5-10-3-1-2-4-14(10)18-15/h1-9H. The molecule has 0 unspecified atom stereocenters. The molecule has 0 saturated heterocycles. The molecule has 88 valence electrons. The summed E-state index contributed by atoms with van der Waals surface area (Å²) >= 11 is 9.47. The summed E-state index contributed by atoms with van der Waals surface area (Å²) in [7, 11) is 0. The molecule has 0 saturated carbocycles. The van der Waals surface area contributed by atoms with Gasteiger partial charge in [0.15, 0.2) is 0 Å². The van der Waals surface area contributed by atoms with E-state index in [4.69, 9.17) is 11.6 Å². The molecular formula is C15H9BrClN. The molecule has 1 nitrogen and oxygen atoms in total. The lowest BCUT2D eigenvalue weighted by Crippen LogP contribution is -1.86. The molecule has 0 amide bonds. The van der Waals surface area contributed by atoms with E-state index in [9.17, 15) is 0 Å². The molecule has 1 aromatic heterocycles. The smallest absolute Gasteiger partial charge is 0.0721 e. The van der Waals surface area contributed by atoms with Crippen LogP contribution in [-0.2, 0) is 0 Å². The van der Waals surface area contributed by atoms with Crippen LogP contribution in [-0.4, -0.2) is 4.98 Å². The van der Waals surface area contributed by atoms with Gasteiger partial charge < -0.3 is 0 Å². The first-order chi connectivity index (χ1) is 8.74. The monoisotopic (exact) mass is 317 g/mol. The lowest BCUT2D eigenvalue weighted by Gasteiger charge is -2.06. The maximum Gasteiger partial charge on any atom is 0.0721 e. The topological polar surface area (TPSA) is 12.9 Å². The van der Waals surface area contributed by atoms with Crippen LogP contribution in [0.4, 0.5) is 0 Å². The fraction of sp³-hybridized carbons (Fsp3) is 0. The third-order valence-corrected chi connectivity index (χ3v) is 3.70. The van der Waals surface area contributed by atoms with Gasteiger partial charge in [-0.25, -0.2) is 4.98 Å². The van der Waals surface area contributed by atoms with E-state index < -0.39 is 0 Å². The van der Waals surface area contributed by atoms with E-state index in [-0.39, 0.29) is 0 Å². The summed E-state index contributed by atoms with van der Waals surface area (Å²) in [4.78, 5) is 4.66. The van der Waals surface area contributed by atoms with E-state index in [0.29, 0.717) is 5.02 Å². The van der Waals surface area contributed by atoms with Crippen molar-refractivity contribution in [3.8, 4) is 11.3 Å². The molecule has 0 radical (unpaired) electrons. The van der Waals surface area contributed by atoms with Gasteiger partial charge in [0.05, 0.1) is 11.2 Å². The molecule has 18 heavy (non-hydrogen) atoms. The zero-order valence-electron chi connectivity index (χ0n) is 9.40. The Hall–Kier alpha value is -1.38. The number of para-hydroxylation sites is 1. The van der Waals surface area contributed by atoms with E-state index >= 15 is 0 Å². The molecule has 1 heterocycles. The largest absolute Gasteiger partial charge is 0.248 e. The molecule has 0 aliphatic rings. The van der Waals surface area contributed by atoms with Gasteiger partial charge in [0.25, 0.3) is 0 Å². The number of hydrogen-bond donors (Lipinski definition) is 0. The van der Waals surface area contributed by atoms with Crippen molar-refractivity contribution >= 4 is 38.4 Å². The Morgan fingerprint density at radius 1 is 0.944 bits per heavy atom. The lowest BCUT2D eigenvalue weighted by molar-refractivity contribution is 1.39. The molecule has 3 rings (SSSR count). The molecule has 0 aliphatic heterocycles. The van der Waals surface area contributed by atoms with Crippen molar-refractivity contribution in [3.05, 3.63) is 64.1 Å². The molecule has 0 aliphatic carbocycles. The van der Waals surface area contributed by atoms with Gasteiger partial charge in [-0.3, -0.25) is 0 Å². The van der Waals surface area contributed by atoms with Crippen molar-refractivity contribution in [2.24, 2.45) is 0 Å². The predicted octanol–water partition coefficient (Wildman–Crippen LogP) is 5.32. The number of fused-ring (bicyclic) bond motifs is 1. The zero-order valence-corrected chi connectivity index (χ0v) is 11.7. The molecule has 2 aromatic carbocycles. The first-order valence-corrected chi connectivity index (χ1v) is 6.72. The third kappa shape index (κ3) is 2.14. The van der Waals surface area contributed by atoms with Crippen molar-refractivity contribution in [1.29, 1.82) is 0 Å². The number of halogens is 2. The minimum Gasteiger partial charge on any atom is -0.248 e. The average Bonchev–Trinajstić information content (AvgIpc) is 2.38. The van der Waals surface area contributed by atoms with Crippen LogP contribution < -0.4 is 0 Å². The Morgan fingerprint density at radius 2 is 1.78 bits per heavy atom. The Bertz CT molecular complexity index is 725. The normalized spacial score (nSPS) is 10.8. The number of aromatic nitrogens is 1. The Balaban J connectivity index is 2.19. The Labute approximate surface area is 119 Å². The molecule has 0 atom stereocenters. The molecule has 3 heteroatoms. The zero-order chi connectivity index (χ0) is 12.5. The first kappa shape index (κ1) is 11.7. The predicted molar refractivity (Wildman–Crippen MR) is 79.9 cm³/mol. The fourth-order valence-electron chi connectivity index (χ4n) is 1.91. The summed E-state index contributed by atoms with van der Waals surface area (Å²) in [6, 6.07) is 17.9. The summed E-state index contributed by atoms with van der Waals surface area (Å²) in [6.07, 6.45) is 0. The van der Waals surface area contributed by atoms with Crippen LogP contribution in [0.2, 0.25) is 5.02 Å². The van der Waals surface area contributed by atoms with Gasteiger partial charge in [0.2, 0.25) is 0 Å². The maximum absolute atomic E-state index is 5.95. The van der Waals surface area contributed by atoms with Crippen LogP contribution >= 0.6 is 27.5 Å². The quantitative estimate of drug-likeness (QED) is 0.592. The van der Waals surface area contributed by atoms with Gasteiger partial charge >= 0.3 is 0 Å². The first-order valence-electron chi connectivity index (χ1n) is 5.55.